The third-order valence-electron chi connectivity index (χ3n) is 2.37. The van der Waals surface area contributed by atoms with Crippen LogP contribution in [0.3, 0.4) is 0 Å². The molecule has 0 bridgehead atoms. The number of rotatable bonds is 6. The minimum atomic E-state index is -0.229. The molecular weight excluding hydrogens is 266 g/mol. The quantitative estimate of drug-likeness (QED) is 0.639. The average Bonchev–Trinajstić information content (AvgIpc) is 2.97. The van der Waals surface area contributed by atoms with Crippen LogP contribution >= 0.6 is 11.3 Å². The normalized spacial score (nSPS) is 10.4. The van der Waals surface area contributed by atoms with Gasteiger partial charge >= 0.3 is 0 Å². The molecule has 7 heteroatoms. The monoisotopic (exact) mass is 279 g/mol. The summed E-state index contributed by atoms with van der Waals surface area (Å²) < 4.78 is 5.13. The van der Waals surface area contributed by atoms with Crippen molar-refractivity contribution in [2.24, 2.45) is 0 Å². The topological polar surface area (TPSA) is 75.5 Å². The fourth-order valence-electron chi connectivity index (χ4n) is 1.58. The molecule has 0 fully saturated rings. The lowest BCUT2D eigenvalue weighted by atomic mass is 10.2. The highest BCUT2D eigenvalue weighted by Crippen LogP contribution is 2.26. The van der Waals surface area contributed by atoms with E-state index in [4.69, 9.17) is 4.74 Å². The zero-order valence-corrected chi connectivity index (χ0v) is 11.1. The summed E-state index contributed by atoms with van der Waals surface area (Å²) in [5.41, 5.74) is 0.879. The van der Waals surface area contributed by atoms with Gasteiger partial charge in [0.25, 0.3) is 0 Å². The van der Waals surface area contributed by atoms with Crippen LogP contribution in [-0.2, 0) is 11.3 Å². The number of pyridine rings is 1. The minimum absolute atomic E-state index is 0.229. The van der Waals surface area contributed by atoms with E-state index >= 15 is 0 Å². The van der Waals surface area contributed by atoms with Gasteiger partial charge in [-0.3, -0.25) is 9.69 Å². The first-order valence-electron chi connectivity index (χ1n) is 5.51. The Morgan fingerprint density at radius 1 is 1.53 bits per heavy atom. The summed E-state index contributed by atoms with van der Waals surface area (Å²) in [4.78, 5) is 21.1. The second kappa shape index (κ2) is 6.37. The van der Waals surface area contributed by atoms with Crippen molar-refractivity contribution in [1.29, 1.82) is 0 Å². The highest BCUT2D eigenvalue weighted by Gasteiger charge is 2.14. The van der Waals surface area contributed by atoms with Gasteiger partial charge in [-0.2, -0.15) is 0 Å². The first-order chi connectivity index (χ1) is 9.28. The number of carbonyl (C=O) groups excluding carboxylic acids is 1. The Morgan fingerprint density at radius 2 is 2.37 bits per heavy atom. The average molecular weight is 279 g/mol. The van der Waals surface area contributed by atoms with Gasteiger partial charge in [-0.15, -0.1) is 11.3 Å². The van der Waals surface area contributed by atoms with Gasteiger partial charge in [0.2, 0.25) is 0 Å². The third kappa shape index (κ3) is 3.14. The molecule has 19 heavy (non-hydrogen) atoms. The van der Waals surface area contributed by atoms with Crippen molar-refractivity contribution in [3.05, 3.63) is 35.0 Å². The number of aliphatic hydroxyl groups is 1. The van der Waals surface area contributed by atoms with Crippen molar-refractivity contribution >= 4 is 28.6 Å². The van der Waals surface area contributed by atoms with Crippen LogP contribution in [0.2, 0.25) is 0 Å². The number of thiazole rings is 1. The number of aliphatic hydroxyl groups excluding tert-OH is 1. The molecule has 0 aliphatic rings. The van der Waals surface area contributed by atoms with E-state index in [9.17, 15) is 9.90 Å². The number of nitrogens with zero attached hydrogens (tertiary/aromatic N) is 3. The number of aldehydes is 1. The fraction of sp³-hybridized carbons (Fsp3) is 0.250. The Labute approximate surface area is 114 Å². The predicted molar refractivity (Wildman–Crippen MR) is 71.7 cm³/mol. The highest BCUT2D eigenvalue weighted by molar-refractivity contribution is 7.13. The first-order valence-corrected chi connectivity index (χ1v) is 6.39. The van der Waals surface area contributed by atoms with Crippen molar-refractivity contribution in [2.45, 2.75) is 6.61 Å². The van der Waals surface area contributed by atoms with Crippen molar-refractivity contribution < 1.29 is 14.6 Å². The first kappa shape index (κ1) is 13.6. The maximum atomic E-state index is 10.9. The van der Waals surface area contributed by atoms with Gasteiger partial charge in [-0.25, -0.2) is 9.97 Å². The Kier molecular flexibility index (Phi) is 4.56. The zero-order chi connectivity index (χ0) is 13.7. The van der Waals surface area contributed by atoms with Gasteiger partial charge < -0.3 is 9.84 Å². The SMILES string of the molecule is COCN(c1cc(C=O)cc(CO)n1)c1nccs1. The van der Waals surface area contributed by atoms with E-state index in [0.717, 1.165) is 6.29 Å². The second-order valence-corrected chi connectivity index (χ2v) is 4.56. The molecule has 2 rings (SSSR count). The van der Waals surface area contributed by atoms with Crippen LogP contribution < -0.4 is 4.90 Å². The molecule has 2 aromatic heterocycles. The fourth-order valence-corrected chi connectivity index (χ4v) is 2.22. The van der Waals surface area contributed by atoms with E-state index in [2.05, 4.69) is 9.97 Å². The molecule has 0 spiro atoms. The van der Waals surface area contributed by atoms with Crippen molar-refractivity contribution in [1.82, 2.24) is 9.97 Å². The molecule has 0 radical (unpaired) electrons. The smallest absolute Gasteiger partial charge is 0.192 e. The minimum Gasteiger partial charge on any atom is -0.390 e. The van der Waals surface area contributed by atoms with Crippen LogP contribution in [0.15, 0.2) is 23.7 Å². The van der Waals surface area contributed by atoms with Gasteiger partial charge in [-0.05, 0) is 12.1 Å². The van der Waals surface area contributed by atoms with Crippen molar-refractivity contribution in [3.8, 4) is 0 Å². The third-order valence-corrected chi connectivity index (χ3v) is 3.16. The van der Waals surface area contributed by atoms with E-state index < -0.39 is 0 Å². The van der Waals surface area contributed by atoms with Crippen LogP contribution in [-0.4, -0.2) is 35.2 Å². The maximum Gasteiger partial charge on any atom is 0.192 e. The number of anilines is 2. The van der Waals surface area contributed by atoms with E-state index in [1.807, 2.05) is 5.38 Å². The van der Waals surface area contributed by atoms with Gasteiger partial charge in [-0.1, -0.05) is 0 Å². The van der Waals surface area contributed by atoms with Gasteiger partial charge in [0, 0.05) is 24.3 Å². The number of methoxy groups -OCH3 is 1. The van der Waals surface area contributed by atoms with Crippen LogP contribution in [0.1, 0.15) is 16.1 Å². The largest absolute Gasteiger partial charge is 0.390 e. The number of hydrogen-bond acceptors (Lipinski definition) is 7. The van der Waals surface area contributed by atoms with Crippen LogP contribution in [0.4, 0.5) is 10.9 Å². The van der Waals surface area contributed by atoms with Crippen LogP contribution in [0, 0.1) is 0 Å². The Balaban J connectivity index is 2.43. The number of aromatic nitrogens is 2. The predicted octanol–water partition coefficient (Wildman–Crippen LogP) is 1.58. The Morgan fingerprint density at radius 3 is 2.95 bits per heavy atom. The van der Waals surface area contributed by atoms with Crippen molar-refractivity contribution in [2.75, 3.05) is 18.7 Å². The lowest BCUT2D eigenvalue weighted by Gasteiger charge is -2.20. The molecule has 0 saturated carbocycles. The summed E-state index contributed by atoms with van der Waals surface area (Å²) in [5, 5.41) is 11.7. The second-order valence-electron chi connectivity index (χ2n) is 3.69. The van der Waals surface area contributed by atoms with Gasteiger partial charge in [0.05, 0.1) is 12.3 Å². The molecule has 6 nitrogen and oxygen atoms in total. The lowest BCUT2D eigenvalue weighted by Crippen LogP contribution is -2.21. The molecule has 0 amide bonds. The summed E-state index contributed by atoms with van der Waals surface area (Å²) in [5.74, 6) is 0.519. The zero-order valence-electron chi connectivity index (χ0n) is 10.3. The Bertz CT molecular complexity index is 545. The van der Waals surface area contributed by atoms with E-state index in [-0.39, 0.29) is 13.3 Å². The highest BCUT2D eigenvalue weighted by atomic mass is 32.1. The molecule has 0 unspecified atom stereocenters. The number of carbonyl (C=O) groups is 1. The van der Waals surface area contributed by atoms with E-state index in [1.54, 1.807) is 30.3 Å². The molecule has 0 saturated heterocycles. The molecule has 1 N–H and O–H groups in total. The van der Waals surface area contributed by atoms with Crippen molar-refractivity contribution in [3.63, 3.8) is 0 Å². The Hall–Kier alpha value is -1.83. The molecule has 0 atom stereocenters. The van der Waals surface area contributed by atoms with Crippen LogP contribution in [0.5, 0.6) is 0 Å². The molecule has 2 heterocycles. The molecular formula is C12H13N3O3S. The summed E-state index contributed by atoms with van der Waals surface area (Å²) in [6, 6.07) is 3.18. The van der Waals surface area contributed by atoms with Gasteiger partial charge in [0.1, 0.15) is 18.8 Å². The van der Waals surface area contributed by atoms with Gasteiger partial charge in [0.15, 0.2) is 5.13 Å². The van der Waals surface area contributed by atoms with E-state index in [0.29, 0.717) is 22.2 Å². The molecule has 0 aromatic carbocycles. The molecule has 0 aliphatic carbocycles. The van der Waals surface area contributed by atoms with Crippen LogP contribution in [0.25, 0.3) is 0 Å². The van der Waals surface area contributed by atoms with E-state index in [1.165, 1.54) is 11.3 Å². The molecule has 0 aliphatic heterocycles. The summed E-state index contributed by atoms with van der Waals surface area (Å²) in [6.45, 7) is 0.0288. The molecule has 100 valence electrons. The lowest BCUT2D eigenvalue weighted by molar-refractivity contribution is 0.112. The summed E-state index contributed by atoms with van der Waals surface area (Å²) in [7, 11) is 1.57. The number of ether oxygens (including phenoxy) is 1. The summed E-state index contributed by atoms with van der Waals surface area (Å²) in [6.07, 6.45) is 2.40. The maximum absolute atomic E-state index is 10.9. The molecule has 2 aromatic rings. The number of hydrogen-bond donors (Lipinski definition) is 1. The standard InChI is InChI=1S/C12H13N3O3S/c1-18-8-15(12-13-2-3-19-12)11-5-9(6-16)4-10(7-17)14-11/h2-6,17H,7-8H2,1H3. The summed E-state index contributed by atoms with van der Waals surface area (Å²) >= 11 is 1.44.